The first kappa shape index (κ1) is 31.1. The molecule has 0 aliphatic heterocycles. The second-order valence-electron chi connectivity index (χ2n) is 14.8. The van der Waals surface area contributed by atoms with Crippen molar-refractivity contribution in [1.29, 1.82) is 0 Å². The Hall–Kier alpha value is -6.49. The molecule has 3 nitrogen and oxygen atoms in total. The van der Waals surface area contributed by atoms with E-state index in [4.69, 9.17) is 4.98 Å². The van der Waals surface area contributed by atoms with Crippen molar-refractivity contribution in [3.63, 3.8) is 0 Å². The minimum atomic E-state index is -0.195. The lowest BCUT2D eigenvalue weighted by Crippen LogP contribution is -2.17. The molecule has 3 aromatic heterocycles. The van der Waals surface area contributed by atoms with Crippen LogP contribution in [0, 0.1) is 0 Å². The molecule has 0 saturated heterocycles. The van der Waals surface area contributed by atoms with E-state index < -0.39 is 0 Å². The number of anilines is 3. The number of hydrogen-bond acceptors (Lipinski definition) is 3. The zero-order chi connectivity index (χ0) is 36.0. The molecule has 1 aliphatic carbocycles. The average molecular weight is 710 g/mol. The number of aromatic nitrogens is 2. The van der Waals surface area contributed by atoms with Crippen LogP contribution in [0.4, 0.5) is 17.2 Å². The fraction of sp³-hybridized carbons (Fsp3) is 0.0600. The van der Waals surface area contributed by atoms with E-state index in [-0.39, 0.29) is 5.41 Å². The van der Waals surface area contributed by atoms with E-state index in [9.17, 15) is 0 Å². The maximum absolute atomic E-state index is 5.16. The largest absolute Gasteiger partial charge is 0.309 e. The van der Waals surface area contributed by atoms with Crippen LogP contribution in [0.3, 0.4) is 0 Å². The molecule has 0 unspecified atom stereocenters. The zero-order valence-corrected chi connectivity index (χ0v) is 30.8. The zero-order valence-electron chi connectivity index (χ0n) is 30.0. The standard InChI is InChI=1S/C50H35N3S/c1-50(2)42-27-25-34(52-44-19-9-6-15-37(44)38-16-7-10-20-45(38)52)29-41(42)36-26-24-35(30-43(36)50)53(48-28-23-33(31-51-48)32-13-4-3-5-14-32)46-21-12-18-40-39-17-8-11-22-47(39)54-49(40)46/h3-31H,1-2H3. The fourth-order valence-corrected chi connectivity index (χ4v) is 10.0. The molecule has 4 heteroatoms. The number of rotatable bonds is 5. The Balaban J connectivity index is 1.09. The molecule has 11 rings (SSSR count). The van der Waals surface area contributed by atoms with Crippen LogP contribution in [0.2, 0.25) is 0 Å². The van der Waals surface area contributed by atoms with Crippen LogP contribution in [0.5, 0.6) is 0 Å². The third kappa shape index (κ3) is 4.57. The van der Waals surface area contributed by atoms with E-state index in [1.165, 1.54) is 69.9 Å². The van der Waals surface area contributed by atoms with Gasteiger partial charge in [0, 0.05) is 54.8 Å². The summed E-state index contributed by atoms with van der Waals surface area (Å²) in [5.41, 5.74) is 13.2. The van der Waals surface area contributed by atoms with Crippen molar-refractivity contribution in [2.75, 3.05) is 4.90 Å². The predicted octanol–water partition coefficient (Wildman–Crippen LogP) is 14.0. The predicted molar refractivity (Wildman–Crippen MR) is 229 cm³/mol. The van der Waals surface area contributed by atoms with Gasteiger partial charge in [-0.15, -0.1) is 11.3 Å². The quantitative estimate of drug-likeness (QED) is 0.177. The van der Waals surface area contributed by atoms with Crippen LogP contribution in [0.25, 0.3) is 69.9 Å². The van der Waals surface area contributed by atoms with Gasteiger partial charge in [0.1, 0.15) is 5.82 Å². The van der Waals surface area contributed by atoms with Crippen molar-refractivity contribution in [3.05, 3.63) is 187 Å². The van der Waals surface area contributed by atoms with E-state index in [0.717, 1.165) is 28.3 Å². The number of benzene rings is 7. The molecule has 0 atom stereocenters. The molecule has 54 heavy (non-hydrogen) atoms. The summed E-state index contributed by atoms with van der Waals surface area (Å²) < 4.78 is 4.96. The Morgan fingerprint density at radius 1 is 0.537 bits per heavy atom. The molecular formula is C50H35N3S. The van der Waals surface area contributed by atoms with Gasteiger partial charge in [0.2, 0.25) is 0 Å². The monoisotopic (exact) mass is 709 g/mol. The van der Waals surface area contributed by atoms with Gasteiger partial charge in [-0.05, 0) is 88.5 Å². The van der Waals surface area contributed by atoms with Gasteiger partial charge < -0.3 is 4.57 Å². The molecule has 1 aliphatic rings. The van der Waals surface area contributed by atoms with Crippen LogP contribution < -0.4 is 4.90 Å². The Morgan fingerprint density at radius 2 is 1.24 bits per heavy atom. The van der Waals surface area contributed by atoms with Crippen molar-refractivity contribution in [2.24, 2.45) is 0 Å². The van der Waals surface area contributed by atoms with Crippen LogP contribution in [-0.4, -0.2) is 9.55 Å². The Morgan fingerprint density at radius 3 is 2.00 bits per heavy atom. The number of hydrogen-bond donors (Lipinski definition) is 0. The summed E-state index contributed by atoms with van der Waals surface area (Å²) in [7, 11) is 0. The second kappa shape index (κ2) is 11.8. The molecule has 0 N–H and O–H groups in total. The van der Waals surface area contributed by atoms with Crippen molar-refractivity contribution in [1.82, 2.24) is 9.55 Å². The first-order chi connectivity index (χ1) is 26.5. The van der Waals surface area contributed by atoms with Crippen molar-refractivity contribution < 1.29 is 0 Å². The molecule has 3 heterocycles. The maximum Gasteiger partial charge on any atom is 0.137 e. The maximum atomic E-state index is 5.16. The minimum Gasteiger partial charge on any atom is -0.309 e. The summed E-state index contributed by atoms with van der Waals surface area (Å²) in [6.45, 7) is 4.73. The number of thiophene rings is 1. The van der Waals surface area contributed by atoms with E-state index >= 15 is 0 Å². The Bertz CT molecular complexity index is 3020. The fourth-order valence-electron chi connectivity index (χ4n) is 8.83. The van der Waals surface area contributed by atoms with Gasteiger partial charge >= 0.3 is 0 Å². The SMILES string of the molecule is CC1(C)c2ccc(-n3c4ccccc4c4ccccc43)cc2-c2ccc(N(c3ccc(-c4ccccc4)cn3)c3cccc4c3sc3ccccc34)cc21. The third-order valence-electron chi connectivity index (χ3n) is 11.4. The van der Waals surface area contributed by atoms with E-state index in [2.05, 4.69) is 193 Å². The van der Waals surface area contributed by atoms with Crippen LogP contribution in [-0.2, 0) is 5.41 Å². The van der Waals surface area contributed by atoms with Crippen LogP contribution >= 0.6 is 11.3 Å². The van der Waals surface area contributed by atoms with Gasteiger partial charge in [-0.25, -0.2) is 4.98 Å². The van der Waals surface area contributed by atoms with Gasteiger partial charge in [0.05, 0.1) is 21.4 Å². The van der Waals surface area contributed by atoms with Crippen molar-refractivity contribution in [2.45, 2.75) is 19.3 Å². The normalized spacial score (nSPS) is 13.1. The van der Waals surface area contributed by atoms with Gasteiger partial charge in [-0.1, -0.05) is 123 Å². The summed E-state index contributed by atoms with van der Waals surface area (Å²) in [5.74, 6) is 0.890. The van der Waals surface area contributed by atoms with Crippen LogP contribution in [0.15, 0.2) is 176 Å². The molecule has 7 aromatic carbocycles. The molecule has 0 fully saturated rings. The smallest absolute Gasteiger partial charge is 0.137 e. The Labute approximate surface area is 318 Å². The molecule has 0 amide bonds. The Kier molecular flexibility index (Phi) is 6.77. The summed E-state index contributed by atoms with van der Waals surface area (Å²) in [6.07, 6.45) is 2.01. The molecule has 10 aromatic rings. The lowest BCUT2D eigenvalue weighted by molar-refractivity contribution is 0.660. The number of nitrogens with zero attached hydrogens (tertiary/aromatic N) is 3. The topological polar surface area (TPSA) is 21.1 Å². The number of para-hydroxylation sites is 2. The summed E-state index contributed by atoms with van der Waals surface area (Å²) in [4.78, 5) is 7.51. The molecule has 0 radical (unpaired) electrons. The van der Waals surface area contributed by atoms with E-state index in [1.54, 1.807) is 0 Å². The highest BCUT2D eigenvalue weighted by atomic mass is 32.1. The van der Waals surface area contributed by atoms with E-state index in [1.807, 2.05) is 17.5 Å². The highest BCUT2D eigenvalue weighted by Crippen LogP contribution is 2.52. The van der Waals surface area contributed by atoms with Gasteiger partial charge in [-0.3, -0.25) is 4.90 Å². The van der Waals surface area contributed by atoms with Gasteiger partial charge in [0.15, 0.2) is 0 Å². The molecule has 256 valence electrons. The summed E-state index contributed by atoms with van der Waals surface area (Å²) >= 11 is 1.85. The van der Waals surface area contributed by atoms with Crippen LogP contribution in [0.1, 0.15) is 25.0 Å². The molecular weight excluding hydrogens is 675 g/mol. The third-order valence-corrected chi connectivity index (χ3v) is 12.7. The average Bonchev–Trinajstić information content (AvgIpc) is 3.84. The summed E-state index contributed by atoms with van der Waals surface area (Å²) in [5, 5.41) is 5.11. The first-order valence-corrected chi connectivity index (χ1v) is 19.4. The number of pyridine rings is 1. The molecule has 0 saturated carbocycles. The highest BCUT2D eigenvalue weighted by molar-refractivity contribution is 7.26. The second-order valence-corrected chi connectivity index (χ2v) is 15.9. The lowest BCUT2D eigenvalue weighted by atomic mass is 9.82. The first-order valence-electron chi connectivity index (χ1n) is 18.5. The minimum absolute atomic E-state index is 0.195. The summed E-state index contributed by atoms with van der Waals surface area (Å²) in [6, 6.07) is 61.8. The van der Waals surface area contributed by atoms with Crippen molar-refractivity contribution in [3.8, 4) is 27.9 Å². The van der Waals surface area contributed by atoms with Gasteiger partial charge in [-0.2, -0.15) is 0 Å². The lowest BCUT2D eigenvalue weighted by Gasteiger charge is -2.27. The molecule has 0 spiro atoms. The van der Waals surface area contributed by atoms with Crippen molar-refractivity contribution >= 4 is 70.5 Å². The van der Waals surface area contributed by atoms with E-state index in [0.29, 0.717) is 0 Å². The number of fused-ring (bicyclic) bond motifs is 9. The highest BCUT2D eigenvalue weighted by Gasteiger charge is 2.36. The molecule has 0 bridgehead atoms. The van der Waals surface area contributed by atoms with Gasteiger partial charge in [0.25, 0.3) is 0 Å².